The zero-order valence-electron chi connectivity index (χ0n) is 41.7. The molecule has 0 saturated heterocycles. The minimum Gasteiger partial charge on any atom is -0.454 e. The third kappa shape index (κ3) is 5.71. The minimum atomic E-state index is -0.736. The normalized spacial score (nSPS) is 13.3. The largest absolute Gasteiger partial charge is 0.454 e. The lowest BCUT2D eigenvalue weighted by molar-refractivity contribution is 0.668. The second kappa shape index (κ2) is 15.9. The molecule has 0 amide bonds. The first kappa shape index (κ1) is 42.2. The topological polar surface area (TPSA) is 26.2 Å². The molecular formula is C73H45N3O. The molecule has 2 aliphatic rings. The molecule has 17 rings (SSSR count). The van der Waals surface area contributed by atoms with E-state index in [-0.39, 0.29) is 0 Å². The Labute approximate surface area is 444 Å². The molecule has 1 aliphatic carbocycles. The number of hydrogen-bond acceptors (Lipinski definition) is 2. The third-order valence-electron chi connectivity index (χ3n) is 16.9. The molecule has 0 bridgehead atoms. The molecular weight excluding hydrogens is 935 g/mol. The van der Waals surface area contributed by atoms with Crippen LogP contribution in [-0.4, -0.2) is 9.13 Å². The van der Waals surface area contributed by atoms with Crippen LogP contribution in [0.15, 0.2) is 277 Å². The van der Waals surface area contributed by atoms with Gasteiger partial charge in [0.2, 0.25) is 0 Å². The van der Waals surface area contributed by atoms with Gasteiger partial charge in [-0.25, -0.2) is 0 Å². The van der Waals surface area contributed by atoms with E-state index >= 15 is 0 Å². The lowest BCUT2D eigenvalue weighted by atomic mass is 9.64. The molecule has 12 aromatic carbocycles. The van der Waals surface area contributed by atoms with Crippen molar-refractivity contribution < 1.29 is 4.42 Å². The van der Waals surface area contributed by atoms with Crippen LogP contribution in [0.25, 0.3) is 110 Å². The minimum absolute atomic E-state index is 0.736. The maximum absolute atomic E-state index is 6.99. The maximum atomic E-state index is 6.99. The van der Waals surface area contributed by atoms with E-state index in [0.29, 0.717) is 0 Å². The van der Waals surface area contributed by atoms with Crippen LogP contribution >= 0.6 is 0 Å². The Balaban J connectivity index is 1.00. The Bertz CT molecular complexity index is 4680. The average molecular weight is 980 g/mol. The van der Waals surface area contributed by atoms with E-state index in [1.54, 1.807) is 0 Å². The van der Waals surface area contributed by atoms with Gasteiger partial charge in [-0.15, -0.1) is 0 Å². The molecule has 0 radical (unpaired) electrons. The Morgan fingerprint density at radius 2 is 0.714 bits per heavy atom. The smallest absolute Gasteiger partial charge is 0.159 e. The number of anilines is 3. The van der Waals surface area contributed by atoms with Crippen molar-refractivity contribution in [3.63, 3.8) is 0 Å². The highest BCUT2D eigenvalue weighted by Gasteiger charge is 2.52. The van der Waals surface area contributed by atoms with Crippen molar-refractivity contribution >= 4 is 82.6 Å². The predicted molar refractivity (Wildman–Crippen MR) is 319 cm³/mol. The van der Waals surface area contributed by atoms with Gasteiger partial charge in [0.25, 0.3) is 0 Å². The number of benzene rings is 12. The fraction of sp³-hybridized carbons (Fsp3) is 0.0137. The van der Waals surface area contributed by atoms with Crippen molar-refractivity contribution in [1.82, 2.24) is 9.13 Å². The van der Waals surface area contributed by atoms with Gasteiger partial charge in [-0.1, -0.05) is 188 Å². The van der Waals surface area contributed by atoms with E-state index in [0.717, 1.165) is 61.5 Å². The number of nitrogens with zero attached hydrogens (tertiary/aromatic N) is 3. The van der Waals surface area contributed by atoms with Gasteiger partial charge in [0.05, 0.1) is 44.5 Å². The number of aromatic nitrogens is 2. The lowest BCUT2D eigenvalue weighted by Crippen LogP contribution is -2.36. The van der Waals surface area contributed by atoms with Gasteiger partial charge >= 0.3 is 0 Å². The molecule has 4 nitrogen and oxygen atoms in total. The Kier molecular flexibility index (Phi) is 8.73. The number of para-hydroxylation sites is 6. The van der Waals surface area contributed by atoms with Gasteiger partial charge in [-0.3, -0.25) is 0 Å². The molecule has 77 heavy (non-hydrogen) atoms. The standard InChI is InChI=1S/C73H45N3O/c1-3-20-48(21-4-1)74-62-34-14-9-27-56(62)70-50(29-17-36-66(70)74)46-40-42-64-60(44-46)73(58-32-12-7-24-52(58)53-25-8-13-33-59(53)73)61-45-47(41-43-65(61)76(64)68-38-19-31-55-54-26-11-16-39-69(54)77-72(55)68)51-30-18-37-67-71(51)57-28-10-15-35-63(57)75(67)49-22-5-2-6-23-49/h1-45H. The SMILES string of the molecule is c1ccc(-n2c3ccccc3c3c(-c4ccc5c(c4)C4(c6ccccc6-c6ccccc64)c4cc(-c6cccc7c6c6ccccc6n7-c6ccccc6)ccc4N5c4cccc5c4oc4ccccc45)cccc32)cc1. The van der Waals surface area contributed by atoms with Gasteiger partial charge in [0.15, 0.2) is 5.58 Å². The zero-order chi connectivity index (χ0) is 50.3. The van der Waals surface area contributed by atoms with Crippen molar-refractivity contribution in [3.8, 4) is 44.8 Å². The summed E-state index contributed by atoms with van der Waals surface area (Å²) in [6.45, 7) is 0. The van der Waals surface area contributed by atoms with Crippen molar-refractivity contribution in [3.05, 3.63) is 295 Å². The summed E-state index contributed by atoms with van der Waals surface area (Å²) < 4.78 is 11.8. The summed E-state index contributed by atoms with van der Waals surface area (Å²) in [7, 11) is 0. The fourth-order valence-electron chi connectivity index (χ4n) is 13.9. The second-order valence-electron chi connectivity index (χ2n) is 20.7. The predicted octanol–water partition coefficient (Wildman–Crippen LogP) is 19.3. The molecule has 0 atom stereocenters. The summed E-state index contributed by atoms with van der Waals surface area (Å²) in [4.78, 5) is 2.50. The molecule has 1 spiro atoms. The quantitative estimate of drug-likeness (QED) is 0.172. The summed E-state index contributed by atoms with van der Waals surface area (Å²) in [5.41, 5.74) is 23.4. The summed E-state index contributed by atoms with van der Waals surface area (Å²) in [6.07, 6.45) is 0. The average Bonchev–Trinajstić information content (AvgIpc) is 4.09. The first-order valence-electron chi connectivity index (χ1n) is 26.6. The van der Waals surface area contributed by atoms with Gasteiger partial charge in [0.1, 0.15) is 5.58 Å². The summed E-state index contributed by atoms with van der Waals surface area (Å²) >= 11 is 0. The van der Waals surface area contributed by atoms with Crippen LogP contribution in [0.3, 0.4) is 0 Å². The highest BCUT2D eigenvalue weighted by molar-refractivity contribution is 6.18. The number of rotatable bonds is 5. The highest BCUT2D eigenvalue weighted by Crippen LogP contribution is 2.65. The van der Waals surface area contributed by atoms with E-state index in [4.69, 9.17) is 4.42 Å². The molecule has 15 aromatic rings. The van der Waals surface area contributed by atoms with Gasteiger partial charge in [0, 0.05) is 43.7 Å². The summed E-state index contributed by atoms with van der Waals surface area (Å²) in [5, 5.41) is 7.11. The van der Waals surface area contributed by atoms with Crippen LogP contribution in [-0.2, 0) is 5.41 Å². The van der Waals surface area contributed by atoms with Crippen molar-refractivity contribution in [2.24, 2.45) is 0 Å². The van der Waals surface area contributed by atoms with E-state index in [1.807, 2.05) is 0 Å². The molecule has 0 saturated carbocycles. The van der Waals surface area contributed by atoms with E-state index in [2.05, 4.69) is 287 Å². The van der Waals surface area contributed by atoms with Crippen LogP contribution in [0, 0.1) is 0 Å². The number of fused-ring (bicyclic) bond motifs is 18. The molecule has 4 heterocycles. The van der Waals surface area contributed by atoms with E-state index in [9.17, 15) is 0 Å². The molecule has 0 fully saturated rings. The van der Waals surface area contributed by atoms with Crippen LogP contribution in [0.4, 0.5) is 17.1 Å². The van der Waals surface area contributed by atoms with Crippen molar-refractivity contribution in [1.29, 1.82) is 0 Å². The highest BCUT2D eigenvalue weighted by atomic mass is 16.3. The Hall–Kier alpha value is -10.2. The first-order valence-corrected chi connectivity index (χ1v) is 26.6. The van der Waals surface area contributed by atoms with Crippen molar-refractivity contribution in [2.45, 2.75) is 5.41 Å². The van der Waals surface area contributed by atoms with Crippen LogP contribution in [0.5, 0.6) is 0 Å². The Morgan fingerprint density at radius 1 is 0.286 bits per heavy atom. The molecule has 0 N–H and O–H groups in total. The Morgan fingerprint density at radius 3 is 1.27 bits per heavy atom. The van der Waals surface area contributed by atoms with E-state index in [1.165, 1.54) is 88.1 Å². The van der Waals surface area contributed by atoms with Crippen molar-refractivity contribution in [2.75, 3.05) is 4.90 Å². The molecule has 3 aromatic heterocycles. The number of furan rings is 1. The van der Waals surface area contributed by atoms with Crippen LogP contribution < -0.4 is 4.90 Å². The first-order chi connectivity index (χ1) is 38.2. The third-order valence-corrected chi connectivity index (χ3v) is 16.9. The monoisotopic (exact) mass is 979 g/mol. The van der Waals surface area contributed by atoms with E-state index < -0.39 is 5.41 Å². The molecule has 0 unspecified atom stereocenters. The summed E-state index contributed by atoms with van der Waals surface area (Å²) in [5.74, 6) is 0. The van der Waals surface area contributed by atoms with Gasteiger partial charge in [-0.05, 0) is 141 Å². The summed E-state index contributed by atoms with van der Waals surface area (Å²) in [6, 6.07) is 101. The van der Waals surface area contributed by atoms with Gasteiger partial charge in [-0.2, -0.15) is 0 Å². The zero-order valence-corrected chi connectivity index (χ0v) is 41.7. The second-order valence-corrected chi connectivity index (χ2v) is 20.7. The molecule has 1 aliphatic heterocycles. The fourth-order valence-corrected chi connectivity index (χ4v) is 13.9. The number of hydrogen-bond donors (Lipinski definition) is 0. The van der Waals surface area contributed by atoms with Gasteiger partial charge < -0.3 is 18.5 Å². The molecule has 358 valence electrons. The maximum Gasteiger partial charge on any atom is 0.159 e. The van der Waals surface area contributed by atoms with Crippen LogP contribution in [0.1, 0.15) is 22.3 Å². The molecule has 4 heteroatoms. The van der Waals surface area contributed by atoms with Crippen LogP contribution in [0.2, 0.25) is 0 Å². The lowest BCUT2D eigenvalue weighted by Gasteiger charge is -2.45.